The van der Waals surface area contributed by atoms with Crippen LogP contribution in [0.2, 0.25) is 0 Å². The van der Waals surface area contributed by atoms with Gasteiger partial charge in [0.05, 0.1) is 17.4 Å². The van der Waals surface area contributed by atoms with E-state index in [2.05, 4.69) is 15.9 Å². The molecule has 0 heterocycles. The van der Waals surface area contributed by atoms with Crippen LogP contribution in [0.1, 0.15) is 11.1 Å². The zero-order chi connectivity index (χ0) is 10.8. The van der Waals surface area contributed by atoms with Crippen molar-refractivity contribution in [2.75, 3.05) is 0 Å². The summed E-state index contributed by atoms with van der Waals surface area (Å²) in [6, 6.07) is 6.70. The predicted molar refractivity (Wildman–Crippen MR) is 55.7 cm³/mol. The average molecular weight is 275 g/mol. The fourth-order valence-corrected chi connectivity index (χ4v) is 2.04. The van der Waals surface area contributed by atoms with Crippen molar-refractivity contribution in [2.45, 2.75) is 5.75 Å². The maximum absolute atomic E-state index is 10.8. The third kappa shape index (κ3) is 3.10. The normalized spacial score (nSPS) is 10.9. The van der Waals surface area contributed by atoms with E-state index >= 15 is 0 Å². The van der Waals surface area contributed by atoms with E-state index in [9.17, 15) is 8.42 Å². The maximum Gasteiger partial charge on any atom is 0.213 e. The van der Waals surface area contributed by atoms with Crippen molar-refractivity contribution in [2.24, 2.45) is 5.14 Å². The van der Waals surface area contributed by atoms with E-state index in [-0.39, 0.29) is 5.75 Å². The molecular weight excluding hydrogens is 268 g/mol. The lowest BCUT2D eigenvalue weighted by Gasteiger charge is -2.02. The van der Waals surface area contributed by atoms with Gasteiger partial charge in [0.1, 0.15) is 0 Å². The molecule has 74 valence electrons. The molecule has 1 aromatic carbocycles. The van der Waals surface area contributed by atoms with Crippen LogP contribution in [-0.4, -0.2) is 8.42 Å². The van der Waals surface area contributed by atoms with Crippen LogP contribution in [0, 0.1) is 11.3 Å². The number of sulfonamides is 1. The zero-order valence-electron chi connectivity index (χ0n) is 7.07. The van der Waals surface area contributed by atoms with Gasteiger partial charge in [0.15, 0.2) is 0 Å². The molecule has 0 aliphatic heterocycles. The molecule has 0 aliphatic carbocycles. The highest BCUT2D eigenvalue weighted by atomic mass is 79.9. The molecule has 0 atom stereocenters. The van der Waals surface area contributed by atoms with Gasteiger partial charge in [-0.3, -0.25) is 0 Å². The van der Waals surface area contributed by atoms with Crippen LogP contribution in [0.3, 0.4) is 0 Å². The van der Waals surface area contributed by atoms with Crippen molar-refractivity contribution in [1.82, 2.24) is 0 Å². The van der Waals surface area contributed by atoms with E-state index < -0.39 is 10.0 Å². The molecule has 0 fully saturated rings. The second-order valence-electron chi connectivity index (χ2n) is 2.72. The maximum atomic E-state index is 10.8. The Bertz CT molecular complexity index is 491. The molecule has 0 amide bonds. The first-order valence-electron chi connectivity index (χ1n) is 3.61. The topological polar surface area (TPSA) is 83.9 Å². The molecular formula is C8H7BrN2O2S. The molecule has 1 rings (SSSR count). The van der Waals surface area contributed by atoms with Gasteiger partial charge in [0.2, 0.25) is 10.0 Å². The Kier molecular flexibility index (Phi) is 3.26. The van der Waals surface area contributed by atoms with E-state index in [4.69, 9.17) is 10.4 Å². The fourth-order valence-electron chi connectivity index (χ4n) is 0.995. The summed E-state index contributed by atoms with van der Waals surface area (Å²) in [5.74, 6) is -0.316. The number of rotatable bonds is 2. The Morgan fingerprint density at radius 2 is 2.14 bits per heavy atom. The summed E-state index contributed by atoms with van der Waals surface area (Å²) in [6.07, 6.45) is 0. The monoisotopic (exact) mass is 274 g/mol. The average Bonchev–Trinajstić information content (AvgIpc) is 2.06. The van der Waals surface area contributed by atoms with Gasteiger partial charge in [0, 0.05) is 4.47 Å². The van der Waals surface area contributed by atoms with E-state index in [1.54, 1.807) is 18.2 Å². The summed E-state index contributed by atoms with van der Waals surface area (Å²) in [7, 11) is -3.59. The van der Waals surface area contributed by atoms with Gasteiger partial charge in [-0.05, 0) is 17.7 Å². The number of nitrogens with zero attached hydrogens (tertiary/aromatic N) is 1. The minimum atomic E-state index is -3.59. The second-order valence-corrected chi connectivity index (χ2v) is 5.25. The Morgan fingerprint density at radius 1 is 1.50 bits per heavy atom. The Balaban J connectivity index is 3.17. The number of hydrogen-bond donors (Lipinski definition) is 1. The molecule has 0 saturated heterocycles. The van der Waals surface area contributed by atoms with Crippen molar-refractivity contribution in [3.63, 3.8) is 0 Å². The predicted octanol–water partition coefficient (Wildman–Crippen LogP) is 1.11. The molecule has 2 N–H and O–H groups in total. The lowest BCUT2D eigenvalue weighted by molar-refractivity contribution is 0.597. The molecule has 0 bridgehead atoms. The van der Waals surface area contributed by atoms with Crippen molar-refractivity contribution in [3.05, 3.63) is 33.8 Å². The number of nitriles is 1. The van der Waals surface area contributed by atoms with E-state index in [0.717, 1.165) is 4.47 Å². The molecule has 14 heavy (non-hydrogen) atoms. The SMILES string of the molecule is N#Cc1cc(Br)ccc1CS(N)(=O)=O. The van der Waals surface area contributed by atoms with Gasteiger partial charge in [-0.1, -0.05) is 22.0 Å². The minimum Gasteiger partial charge on any atom is -0.228 e. The highest BCUT2D eigenvalue weighted by Gasteiger charge is 2.09. The van der Waals surface area contributed by atoms with Crippen molar-refractivity contribution < 1.29 is 8.42 Å². The first kappa shape index (κ1) is 11.2. The smallest absolute Gasteiger partial charge is 0.213 e. The zero-order valence-corrected chi connectivity index (χ0v) is 9.47. The Hall–Kier alpha value is -0.900. The largest absolute Gasteiger partial charge is 0.228 e. The third-order valence-electron chi connectivity index (χ3n) is 1.55. The fraction of sp³-hybridized carbons (Fsp3) is 0.125. The summed E-state index contributed by atoms with van der Waals surface area (Å²) < 4.78 is 22.3. The van der Waals surface area contributed by atoms with Gasteiger partial charge in [-0.2, -0.15) is 5.26 Å². The number of primary sulfonamides is 1. The first-order valence-corrected chi connectivity index (χ1v) is 6.12. The lowest BCUT2D eigenvalue weighted by atomic mass is 10.1. The molecule has 1 aromatic rings. The Morgan fingerprint density at radius 3 is 2.64 bits per heavy atom. The van der Waals surface area contributed by atoms with Crippen molar-refractivity contribution in [1.29, 1.82) is 5.26 Å². The summed E-state index contributed by atoms with van der Waals surface area (Å²) >= 11 is 3.18. The molecule has 0 radical (unpaired) electrons. The van der Waals surface area contributed by atoms with Gasteiger partial charge in [0.25, 0.3) is 0 Å². The number of halogens is 1. The molecule has 0 spiro atoms. The van der Waals surface area contributed by atoms with Crippen LogP contribution >= 0.6 is 15.9 Å². The minimum absolute atomic E-state index is 0.313. The molecule has 4 nitrogen and oxygen atoms in total. The van der Waals surface area contributed by atoms with Crippen LogP contribution in [0.5, 0.6) is 0 Å². The second kappa shape index (κ2) is 4.09. The summed E-state index contributed by atoms with van der Waals surface area (Å²) in [4.78, 5) is 0. The van der Waals surface area contributed by atoms with E-state index in [1.807, 2.05) is 6.07 Å². The van der Waals surface area contributed by atoms with Crippen LogP contribution in [0.25, 0.3) is 0 Å². The highest BCUT2D eigenvalue weighted by molar-refractivity contribution is 9.10. The van der Waals surface area contributed by atoms with E-state index in [0.29, 0.717) is 11.1 Å². The van der Waals surface area contributed by atoms with Gasteiger partial charge >= 0.3 is 0 Å². The van der Waals surface area contributed by atoms with Gasteiger partial charge in [-0.25, -0.2) is 13.6 Å². The quantitative estimate of drug-likeness (QED) is 0.877. The molecule has 6 heteroatoms. The van der Waals surface area contributed by atoms with Crippen LogP contribution in [0.4, 0.5) is 0 Å². The van der Waals surface area contributed by atoms with Crippen LogP contribution in [-0.2, 0) is 15.8 Å². The van der Waals surface area contributed by atoms with Gasteiger partial charge < -0.3 is 0 Å². The van der Waals surface area contributed by atoms with Crippen molar-refractivity contribution >= 4 is 26.0 Å². The molecule has 0 saturated carbocycles. The van der Waals surface area contributed by atoms with Gasteiger partial charge in [-0.15, -0.1) is 0 Å². The standard InChI is InChI=1S/C8H7BrN2O2S/c9-8-2-1-6(5-14(11,12)13)7(3-8)4-10/h1-3H,5H2,(H2,11,12,13). The van der Waals surface area contributed by atoms with Crippen molar-refractivity contribution in [3.8, 4) is 6.07 Å². The van der Waals surface area contributed by atoms with Crippen LogP contribution in [0.15, 0.2) is 22.7 Å². The van der Waals surface area contributed by atoms with E-state index in [1.165, 1.54) is 0 Å². The first-order chi connectivity index (χ1) is 6.42. The summed E-state index contributed by atoms with van der Waals surface area (Å²) in [5, 5.41) is 13.6. The van der Waals surface area contributed by atoms with Crippen LogP contribution < -0.4 is 5.14 Å². The summed E-state index contributed by atoms with van der Waals surface area (Å²) in [5.41, 5.74) is 0.728. The number of hydrogen-bond acceptors (Lipinski definition) is 3. The molecule has 0 aliphatic rings. The molecule has 0 unspecified atom stereocenters. The number of nitrogens with two attached hydrogens (primary N) is 1. The third-order valence-corrected chi connectivity index (χ3v) is 2.76. The molecule has 0 aromatic heterocycles. The highest BCUT2D eigenvalue weighted by Crippen LogP contribution is 2.17. The lowest BCUT2D eigenvalue weighted by Crippen LogP contribution is -2.15. The Labute approximate surface area is 90.5 Å². The number of benzene rings is 1. The summed E-state index contributed by atoms with van der Waals surface area (Å²) in [6.45, 7) is 0.